The fourth-order valence-corrected chi connectivity index (χ4v) is 4.81. The van der Waals surface area contributed by atoms with Crippen LogP contribution in [0.4, 0.5) is 17.1 Å². The van der Waals surface area contributed by atoms with Crippen LogP contribution in [0.25, 0.3) is 6.08 Å². The van der Waals surface area contributed by atoms with Crippen molar-refractivity contribution in [2.45, 2.75) is 44.8 Å². The Morgan fingerprint density at radius 1 is 1.11 bits per heavy atom. The molecule has 1 aliphatic heterocycles. The summed E-state index contributed by atoms with van der Waals surface area (Å²) in [7, 11) is 0. The first-order chi connectivity index (χ1) is 16.9. The van der Waals surface area contributed by atoms with Crippen LogP contribution in [0.1, 0.15) is 36.8 Å². The lowest BCUT2D eigenvalue weighted by atomic mass is 9.92. The molecule has 1 aliphatic carbocycles. The smallest absolute Gasteiger partial charge is 0.270 e. The molecule has 1 heterocycles. The van der Waals surface area contributed by atoms with Gasteiger partial charge in [0, 0.05) is 61.3 Å². The fourth-order valence-electron chi connectivity index (χ4n) is 4.81. The maximum Gasteiger partial charge on any atom is 0.270 e. The van der Waals surface area contributed by atoms with Crippen molar-refractivity contribution in [2.75, 3.05) is 43.0 Å². The van der Waals surface area contributed by atoms with Gasteiger partial charge in [0.2, 0.25) is 5.91 Å². The number of non-ortho nitro benzene ring substituents is 1. The van der Waals surface area contributed by atoms with E-state index in [1.807, 2.05) is 4.90 Å². The predicted molar refractivity (Wildman–Crippen MR) is 139 cm³/mol. The van der Waals surface area contributed by atoms with Crippen LogP contribution < -0.4 is 10.2 Å². The third-order valence-electron chi connectivity index (χ3n) is 6.97. The van der Waals surface area contributed by atoms with E-state index in [1.54, 1.807) is 12.1 Å². The number of anilines is 2. The summed E-state index contributed by atoms with van der Waals surface area (Å²) in [6, 6.07) is 13.6. The highest BCUT2D eigenvalue weighted by atomic mass is 16.6. The minimum absolute atomic E-state index is 0.0591. The van der Waals surface area contributed by atoms with Crippen LogP contribution in [0, 0.1) is 17.0 Å². The second-order valence-corrected chi connectivity index (χ2v) is 9.37. The first kappa shape index (κ1) is 24.7. The zero-order valence-electron chi connectivity index (χ0n) is 20.3. The number of nitro benzene ring substituents is 1. The third kappa shape index (κ3) is 6.39. The monoisotopic (exact) mass is 478 g/mol. The van der Waals surface area contributed by atoms with Gasteiger partial charge in [0.15, 0.2) is 0 Å². The van der Waals surface area contributed by atoms with E-state index in [0.717, 1.165) is 50.0 Å². The Bertz CT molecular complexity index is 1040. The van der Waals surface area contributed by atoms with Crippen LogP contribution in [0.2, 0.25) is 0 Å². The summed E-state index contributed by atoms with van der Waals surface area (Å²) in [5.41, 5.74) is 4.10. The molecule has 2 aromatic rings. The van der Waals surface area contributed by atoms with Crippen LogP contribution in [0.15, 0.2) is 49.0 Å². The van der Waals surface area contributed by atoms with Crippen molar-refractivity contribution in [3.05, 3.63) is 70.3 Å². The van der Waals surface area contributed by atoms with Crippen LogP contribution in [0.5, 0.6) is 0 Å². The van der Waals surface area contributed by atoms with Crippen molar-refractivity contribution in [1.29, 1.82) is 0 Å². The molecular formula is C27H34N4O4. The molecule has 0 atom stereocenters. The van der Waals surface area contributed by atoms with E-state index < -0.39 is 4.92 Å². The van der Waals surface area contributed by atoms with Gasteiger partial charge in [-0.15, -0.1) is 0 Å². The van der Waals surface area contributed by atoms with Gasteiger partial charge in [-0.3, -0.25) is 14.9 Å². The molecule has 0 unspecified atom stereocenters. The second-order valence-electron chi connectivity index (χ2n) is 9.37. The van der Waals surface area contributed by atoms with Crippen LogP contribution >= 0.6 is 0 Å². The molecule has 8 heteroatoms. The van der Waals surface area contributed by atoms with Crippen molar-refractivity contribution >= 4 is 29.0 Å². The maximum atomic E-state index is 12.7. The summed E-state index contributed by atoms with van der Waals surface area (Å²) in [5.74, 6) is 0.0651. The summed E-state index contributed by atoms with van der Waals surface area (Å²) in [5, 5.41) is 14.5. The molecular weight excluding hydrogens is 444 g/mol. The highest BCUT2D eigenvalue weighted by Gasteiger charge is 2.25. The molecule has 0 spiro atoms. The number of ether oxygens (including phenoxy) is 1. The number of nitro groups is 1. The van der Waals surface area contributed by atoms with Crippen molar-refractivity contribution in [3.63, 3.8) is 0 Å². The molecule has 1 saturated carbocycles. The quantitative estimate of drug-likeness (QED) is 0.440. The molecule has 0 bridgehead atoms. The average Bonchev–Trinajstić information content (AvgIpc) is 2.88. The summed E-state index contributed by atoms with van der Waals surface area (Å²) in [4.78, 5) is 27.5. The number of carbonyl (C=O) groups is 1. The predicted octanol–water partition coefficient (Wildman–Crippen LogP) is 4.63. The lowest BCUT2D eigenvalue weighted by Crippen LogP contribution is -2.50. The van der Waals surface area contributed by atoms with Crippen LogP contribution in [-0.4, -0.2) is 60.7 Å². The zero-order chi connectivity index (χ0) is 24.8. The van der Waals surface area contributed by atoms with E-state index in [0.29, 0.717) is 13.1 Å². The molecule has 0 radical (unpaired) electrons. The van der Waals surface area contributed by atoms with Crippen molar-refractivity contribution in [3.8, 4) is 0 Å². The van der Waals surface area contributed by atoms with E-state index in [4.69, 9.17) is 4.74 Å². The standard InChI is InChI=1S/C27H34N4O4/c1-3-21-18-24(31(33)34)10-13-26(21)28-22-6-11-25(12-7-22)35-19-27(32)30-16-14-29(15-17-30)23-8-4-20(2)5-9-23/h3-5,8-10,13,18,22,25,28H,1,6-7,11-12,14-17,19H2,2H3. The number of amides is 1. The largest absolute Gasteiger partial charge is 0.382 e. The lowest BCUT2D eigenvalue weighted by molar-refractivity contribution is -0.384. The van der Waals surface area contributed by atoms with Crippen LogP contribution in [-0.2, 0) is 9.53 Å². The normalized spacial score (nSPS) is 20.4. The van der Waals surface area contributed by atoms with Crippen molar-refractivity contribution < 1.29 is 14.5 Å². The van der Waals surface area contributed by atoms with E-state index in [2.05, 4.69) is 48.0 Å². The molecule has 1 saturated heterocycles. The summed E-state index contributed by atoms with van der Waals surface area (Å²) < 4.78 is 5.98. The molecule has 1 amide bonds. The Labute approximate surface area is 206 Å². The van der Waals surface area contributed by atoms with E-state index in [9.17, 15) is 14.9 Å². The minimum atomic E-state index is -0.398. The first-order valence-electron chi connectivity index (χ1n) is 12.3. The second kappa shape index (κ2) is 11.4. The Balaban J connectivity index is 1.18. The van der Waals surface area contributed by atoms with Gasteiger partial charge in [-0.2, -0.15) is 0 Å². The highest BCUT2D eigenvalue weighted by Crippen LogP contribution is 2.28. The van der Waals surface area contributed by atoms with Gasteiger partial charge in [-0.05, 0) is 50.8 Å². The molecule has 8 nitrogen and oxygen atoms in total. The number of benzene rings is 2. The van der Waals surface area contributed by atoms with Crippen LogP contribution in [0.3, 0.4) is 0 Å². The van der Waals surface area contributed by atoms with Gasteiger partial charge < -0.3 is 19.9 Å². The number of aryl methyl sites for hydroxylation is 1. The Hall–Kier alpha value is -3.39. The average molecular weight is 479 g/mol. The molecule has 186 valence electrons. The van der Waals surface area contributed by atoms with Gasteiger partial charge >= 0.3 is 0 Å². The fraction of sp³-hybridized carbons (Fsp3) is 0.444. The number of carbonyl (C=O) groups excluding carboxylic acids is 1. The SMILES string of the molecule is C=Cc1cc([N+](=O)[O-])ccc1NC1CCC(OCC(=O)N2CCN(c3ccc(C)cc3)CC2)CC1. The number of nitrogens with zero attached hydrogens (tertiary/aromatic N) is 3. The van der Waals surface area contributed by atoms with Crippen molar-refractivity contribution in [1.82, 2.24) is 4.90 Å². The van der Waals surface area contributed by atoms with Gasteiger partial charge in [-0.25, -0.2) is 0 Å². The minimum Gasteiger partial charge on any atom is -0.382 e. The Morgan fingerprint density at radius 2 is 1.80 bits per heavy atom. The highest BCUT2D eigenvalue weighted by molar-refractivity contribution is 5.77. The summed E-state index contributed by atoms with van der Waals surface area (Å²) in [6.45, 7) is 9.10. The molecule has 35 heavy (non-hydrogen) atoms. The number of piperazine rings is 1. The van der Waals surface area contributed by atoms with Gasteiger partial charge in [-0.1, -0.05) is 30.4 Å². The van der Waals surface area contributed by atoms with E-state index in [-0.39, 0.29) is 30.3 Å². The number of hydrogen-bond acceptors (Lipinski definition) is 6. The first-order valence-corrected chi connectivity index (χ1v) is 12.3. The molecule has 0 aromatic heterocycles. The Morgan fingerprint density at radius 3 is 2.43 bits per heavy atom. The Kier molecular flexibility index (Phi) is 8.02. The van der Waals surface area contributed by atoms with Gasteiger partial charge in [0.25, 0.3) is 5.69 Å². The molecule has 2 fully saturated rings. The van der Waals surface area contributed by atoms with Gasteiger partial charge in [0.1, 0.15) is 6.61 Å². The zero-order valence-corrected chi connectivity index (χ0v) is 20.3. The number of rotatable bonds is 8. The summed E-state index contributed by atoms with van der Waals surface area (Å²) in [6.07, 6.45) is 5.31. The van der Waals surface area contributed by atoms with Crippen molar-refractivity contribution in [2.24, 2.45) is 0 Å². The maximum absolute atomic E-state index is 12.7. The van der Waals surface area contributed by atoms with Gasteiger partial charge in [0.05, 0.1) is 11.0 Å². The topological polar surface area (TPSA) is 87.9 Å². The lowest BCUT2D eigenvalue weighted by Gasteiger charge is -2.36. The third-order valence-corrected chi connectivity index (χ3v) is 6.97. The number of hydrogen-bond donors (Lipinski definition) is 1. The molecule has 4 rings (SSSR count). The molecule has 2 aromatic carbocycles. The van der Waals surface area contributed by atoms with E-state index >= 15 is 0 Å². The number of nitrogens with one attached hydrogen (secondary N) is 1. The van der Waals surface area contributed by atoms with E-state index in [1.165, 1.54) is 23.4 Å². The molecule has 1 N–H and O–H groups in total. The summed E-state index contributed by atoms with van der Waals surface area (Å²) >= 11 is 0. The molecule has 2 aliphatic rings.